The van der Waals surface area contributed by atoms with Crippen LogP contribution in [0.2, 0.25) is 0 Å². The van der Waals surface area contributed by atoms with Gasteiger partial charge in [-0.25, -0.2) is 0 Å². The van der Waals surface area contributed by atoms with Gasteiger partial charge in [0.05, 0.1) is 0 Å². The van der Waals surface area contributed by atoms with E-state index in [1.165, 1.54) is 32.1 Å². The van der Waals surface area contributed by atoms with Gasteiger partial charge >= 0.3 is 0 Å². The van der Waals surface area contributed by atoms with Crippen LogP contribution in [0, 0.1) is 23.7 Å². The first-order valence-electron chi connectivity index (χ1n) is 6.09. The first-order chi connectivity index (χ1) is 6.09. The molecule has 0 heteroatoms. The van der Waals surface area contributed by atoms with Crippen LogP contribution in [-0.4, -0.2) is 0 Å². The Morgan fingerprint density at radius 3 is 1.85 bits per heavy atom. The molecule has 1 rings (SSSR count). The molecule has 0 atom stereocenters. The second kappa shape index (κ2) is 5.02. The number of hydrogen-bond donors (Lipinski definition) is 0. The molecule has 0 aromatic carbocycles. The highest BCUT2D eigenvalue weighted by molar-refractivity contribution is 4.74. The van der Waals surface area contributed by atoms with Crippen molar-refractivity contribution in [3.05, 3.63) is 0 Å². The third kappa shape index (κ3) is 3.70. The van der Waals surface area contributed by atoms with Crippen molar-refractivity contribution >= 4 is 0 Å². The van der Waals surface area contributed by atoms with Gasteiger partial charge in [0.2, 0.25) is 0 Å². The second-order valence-electron chi connectivity index (χ2n) is 5.65. The van der Waals surface area contributed by atoms with Gasteiger partial charge in [-0.1, -0.05) is 40.5 Å². The van der Waals surface area contributed by atoms with Gasteiger partial charge in [0.15, 0.2) is 0 Å². The van der Waals surface area contributed by atoms with Crippen molar-refractivity contribution in [3.63, 3.8) is 0 Å². The summed E-state index contributed by atoms with van der Waals surface area (Å²) in [7, 11) is 0. The van der Waals surface area contributed by atoms with Crippen LogP contribution in [0.5, 0.6) is 0 Å². The Morgan fingerprint density at radius 1 is 0.923 bits per heavy atom. The lowest BCUT2D eigenvalue weighted by molar-refractivity contribution is 0.205. The molecule has 1 fully saturated rings. The van der Waals surface area contributed by atoms with Crippen LogP contribution in [0.1, 0.15) is 59.8 Å². The first kappa shape index (κ1) is 11.1. The SMILES string of the molecule is CC(C)CC1CCC(C(C)C)CC1. The van der Waals surface area contributed by atoms with Gasteiger partial charge in [0.25, 0.3) is 0 Å². The summed E-state index contributed by atoms with van der Waals surface area (Å²) in [6.07, 6.45) is 7.46. The standard InChI is InChI=1S/C13H26/c1-10(2)9-12-5-7-13(8-6-12)11(3)4/h10-13H,5-9H2,1-4H3. The van der Waals surface area contributed by atoms with E-state index >= 15 is 0 Å². The highest BCUT2D eigenvalue weighted by atomic mass is 14.3. The molecule has 0 nitrogen and oxygen atoms in total. The maximum atomic E-state index is 2.38. The summed E-state index contributed by atoms with van der Waals surface area (Å²) >= 11 is 0. The summed E-state index contributed by atoms with van der Waals surface area (Å²) < 4.78 is 0. The molecule has 0 N–H and O–H groups in total. The predicted octanol–water partition coefficient (Wildman–Crippen LogP) is 4.49. The summed E-state index contributed by atoms with van der Waals surface area (Å²) in [6.45, 7) is 9.48. The third-order valence-electron chi connectivity index (χ3n) is 3.64. The summed E-state index contributed by atoms with van der Waals surface area (Å²) in [6, 6.07) is 0. The molecule has 0 aromatic heterocycles. The fraction of sp³-hybridized carbons (Fsp3) is 1.00. The van der Waals surface area contributed by atoms with Gasteiger partial charge in [-0.2, -0.15) is 0 Å². The van der Waals surface area contributed by atoms with Gasteiger partial charge in [-0.3, -0.25) is 0 Å². The van der Waals surface area contributed by atoms with Gasteiger partial charge in [0, 0.05) is 0 Å². The van der Waals surface area contributed by atoms with E-state index in [0.29, 0.717) is 0 Å². The van der Waals surface area contributed by atoms with E-state index in [4.69, 9.17) is 0 Å². The van der Waals surface area contributed by atoms with Crippen LogP contribution in [0.3, 0.4) is 0 Å². The van der Waals surface area contributed by atoms with Gasteiger partial charge in [0.1, 0.15) is 0 Å². The predicted molar refractivity (Wildman–Crippen MR) is 59.7 cm³/mol. The fourth-order valence-corrected chi connectivity index (χ4v) is 2.76. The molecule has 0 bridgehead atoms. The van der Waals surface area contributed by atoms with Crippen LogP contribution in [0.15, 0.2) is 0 Å². The summed E-state index contributed by atoms with van der Waals surface area (Å²) in [5.41, 5.74) is 0. The van der Waals surface area contributed by atoms with E-state index in [2.05, 4.69) is 27.7 Å². The highest BCUT2D eigenvalue weighted by Gasteiger charge is 2.23. The normalized spacial score (nSPS) is 30.0. The van der Waals surface area contributed by atoms with E-state index in [9.17, 15) is 0 Å². The quantitative estimate of drug-likeness (QED) is 0.603. The molecule has 0 amide bonds. The van der Waals surface area contributed by atoms with E-state index in [1.54, 1.807) is 0 Å². The Hall–Kier alpha value is 0. The zero-order valence-corrected chi connectivity index (χ0v) is 9.84. The Kier molecular flexibility index (Phi) is 4.28. The third-order valence-corrected chi connectivity index (χ3v) is 3.64. The zero-order chi connectivity index (χ0) is 9.84. The number of hydrogen-bond acceptors (Lipinski definition) is 0. The lowest BCUT2D eigenvalue weighted by Gasteiger charge is -2.31. The van der Waals surface area contributed by atoms with Crippen molar-refractivity contribution in [2.75, 3.05) is 0 Å². The summed E-state index contributed by atoms with van der Waals surface area (Å²) in [5, 5.41) is 0. The zero-order valence-electron chi connectivity index (χ0n) is 9.84. The molecule has 78 valence electrons. The topological polar surface area (TPSA) is 0 Å². The minimum absolute atomic E-state index is 0.903. The van der Waals surface area contributed by atoms with Crippen LogP contribution in [-0.2, 0) is 0 Å². The molecule has 1 aliphatic carbocycles. The van der Waals surface area contributed by atoms with Gasteiger partial charge in [-0.05, 0) is 42.9 Å². The van der Waals surface area contributed by atoms with Gasteiger partial charge < -0.3 is 0 Å². The lowest BCUT2D eigenvalue weighted by atomic mass is 9.75. The van der Waals surface area contributed by atoms with Crippen molar-refractivity contribution in [1.29, 1.82) is 0 Å². The molecule has 0 spiro atoms. The molecule has 1 saturated carbocycles. The molecule has 0 radical (unpaired) electrons. The average molecular weight is 182 g/mol. The summed E-state index contributed by atoms with van der Waals surface area (Å²) in [5.74, 6) is 3.90. The average Bonchev–Trinajstić information content (AvgIpc) is 2.04. The Labute approximate surface area is 84.1 Å². The maximum absolute atomic E-state index is 2.38. The Morgan fingerprint density at radius 2 is 1.46 bits per heavy atom. The molecule has 0 saturated heterocycles. The smallest absolute Gasteiger partial charge is 0.0391 e. The molecule has 0 unspecified atom stereocenters. The molecule has 13 heavy (non-hydrogen) atoms. The van der Waals surface area contributed by atoms with E-state index in [1.807, 2.05) is 0 Å². The van der Waals surface area contributed by atoms with E-state index < -0.39 is 0 Å². The van der Waals surface area contributed by atoms with Crippen LogP contribution < -0.4 is 0 Å². The van der Waals surface area contributed by atoms with Crippen molar-refractivity contribution in [3.8, 4) is 0 Å². The van der Waals surface area contributed by atoms with Crippen molar-refractivity contribution < 1.29 is 0 Å². The number of rotatable bonds is 3. The largest absolute Gasteiger partial charge is 0.0628 e. The Balaban J connectivity index is 2.22. The second-order valence-corrected chi connectivity index (χ2v) is 5.65. The van der Waals surface area contributed by atoms with Crippen LogP contribution >= 0.6 is 0 Å². The minimum atomic E-state index is 0.903. The molecule has 0 aromatic rings. The first-order valence-corrected chi connectivity index (χ1v) is 6.09. The molecular weight excluding hydrogens is 156 g/mol. The molecular formula is C13H26. The maximum Gasteiger partial charge on any atom is -0.0391 e. The monoisotopic (exact) mass is 182 g/mol. The Bertz CT molecular complexity index is 127. The molecule has 1 aliphatic rings. The van der Waals surface area contributed by atoms with Crippen molar-refractivity contribution in [1.82, 2.24) is 0 Å². The summed E-state index contributed by atoms with van der Waals surface area (Å²) in [4.78, 5) is 0. The molecule has 0 aliphatic heterocycles. The van der Waals surface area contributed by atoms with Gasteiger partial charge in [-0.15, -0.1) is 0 Å². The minimum Gasteiger partial charge on any atom is -0.0628 e. The van der Waals surface area contributed by atoms with Crippen LogP contribution in [0.4, 0.5) is 0 Å². The van der Waals surface area contributed by atoms with Crippen LogP contribution in [0.25, 0.3) is 0 Å². The van der Waals surface area contributed by atoms with Crippen molar-refractivity contribution in [2.45, 2.75) is 59.8 Å². The fourth-order valence-electron chi connectivity index (χ4n) is 2.76. The highest BCUT2D eigenvalue weighted by Crippen LogP contribution is 2.35. The van der Waals surface area contributed by atoms with Crippen molar-refractivity contribution in [2.24, 2.45) is 23.7 Å². The lowest BCUT2D eigenvalue weighted by Crippen LogP contribution is -2.19. The van der Waals surface area contributed by atoms with E-state index in [0.717, 1.165) is 23.7 Å². The van der Waals surface area contributed by atoms with E-state index in [-0.39, 0.29) is 0 Å². The molecule has 0 heterocycles.